The van der Waals surface area contributed by atoms with Crippen molar-refractivity contribution >= 4 is 41.6 Å². The monoisotopic (exact) mass is 504 g/mol. The first-order valence-corrected chi connectivity index (χ1v) is 12.6. The summed E-state index contributed by atoms with van der Waals surface area (Å²) in [6, 6.07) is 0. The quantitative estimate of drug-likeness (QED) is 0.309. The van der Waals surface area contributed by atoms with Gasteiger partial charge in [-0.25, -0.2) is 24.2 Å². The first kappa shape index (κ1) is 26.0. The lowest BCUT2D eigenvalue weighted by molar-refractivity contribution is -0.113. The van der Waals surface area contributed by atoms with E-state index >= 15 is 0 Å². The molecule has 0 radical (unpaired) electrons. The van der Waals surface area contributed by atoms with E-state index in [0.717, 1.165) is 11.8 Å². The highest BCUT2D eigenvalue weighted by molar-refractivity contribution is 8.13. The standard InChI is InChI=1S/C18H29N6O7PS/c1-11(25)33-7-6-29-32(28,23(4)5)30-8-18(2)14(27)13(26)17(31-18)24-10-22-12-15(19-3)20-9-21-16(12)24/h9-10,13-14,17,26-27H,6-8H2,1-5H3,(H,19,20,21)/t13-,14?,17+,18+,32?/m0/s1. The number of imidazole rings is 1. The van der Waals surface area contributed by atoms with Crippen LogP contribution in [0.5, 0.6) is 0 Å². The van der Waals surface area contributed by atoms with Gasteiger partial charge in [0.15, 0.2) is 22.8 Å². The van der Waals surface area contributed by atoms with Gasteiger partial charge >= 0.3 is 7.75 Å². The van der Waals surface area contributed by atoms with Crippen LogP contribution >= 0.6 is 19.5 Å². The number of hydrogen-bond donors (Lipinski definition) is 3. The van der Waals surface area contributed by atoms with Crippen LogP contribution in [0.25, 0.3) is 11.2 Å². The number of fused-ring (bicyclic) bond motifs is 1. The summed E-state index contributed by atoms with van der Waals surface area (Å²) in [5.74, 6) is 0.822. The van der Waals surface area contributed by atoms with Crippen molar-refractivity contribution in [2.24, 2.45) is 0 Å². The number of anilines is 1. The van der Waals surface area contributed by atoms with Gasteiger partial charge in [-0.15, -0.1) is 0 Å². The lowest BCUT2D eigenvalue weighted by atomic mass is 9.99. The van der Waals surface area contributed by atoms with Crippen molar-refractivity contribution in [2.75, 3.05) is 45.4 Å². The molecule has 3 heterocycles. The molecule has 1 aliphatic rings. The predicted molar refractivity (Wildman–Crippen MR) is 122 cm³/mol. The van der Waals surface area contributed by atoms with E-state index in [2.05, 4.69) is 20.3 Å². The van der Waals surface area contributed by atoms with E-state index in [1.807, 2.05) is 0 Å². The third-order valence-electron chi connectivity index (χ3n) is 5.15. The highest BCUT2D eigenvalue weighted by atomic mass is 32.2. The molecule has 2 unspecified atom stereocenters. The molecule has 0 aliphatic carbocycles. The summed E-state index contributed by atoms with van der Waals surface area (Å²) in [4.78, 5) is 23.7. The Labute approximate surface area is 195 Å². The van der Waals surface area contributed by atoms with E-state index in [1.54, 1.807) is 14.0 Å². The minimum Gasteiger partial charge on any atom is -0.387 e. The smallest absolute Gasteiger partial charge is 0.387 e. The summed E-state index contributed by atoms with van der Waals surface area (Å²) in [6.07, 6.45) is -0.940. The summed E-state index contributed by atoms with van der Waals surface area (Å²) in [5.41, 5.74) is -0.534. The van der Waals surface area contributed by atoms with Crippen molar-refractivity contribution in [2.45, 2.75) is 37.9 Å². The Morgan fingerprint density at radius 3 is 2.73 bits per heavy atom. The van der Waals surface area contributed by atoms with E-state index in [4.69, 9.17) is 13.8 Å². The Kier molecular flexibility index (Phi) is 8.12. The number of aromatic nitrogens is 4. The van der Waals surface area contributed by atoms with Crippen LogP contribution < -0.4 is 5.32 Å². The van der Waals surface area contributed by atoms with Gasteiger partial charge in [-0.3, -0.25) is 18.4 Å². The summed E-state index contributed by atoms with van der Waals surface area (Å²) in [6.45, 7) is 2.67. The molecule has 2 aromatic heterocycles. The van der Waals surface area contributed by atoms with Crippen molar-refractivity contribution in [3.05, 3.63) is 12.7 Å². The fourth-order valence-corrected chi connectivity index (χ4v) is 5.17. The number of carbonyl (C=O) groups excluding carboxylic acids is 1. The summed E-state index contributed by atoms with van der Waals surface area (Å²) < 4.78 is 33.0. The Balaban J connectivity index is 1.75. The van der Waals surface area contributed by atoms with E-state index in [9.17, 15) is 19.6 Å². The SMILES string of the molecule is CNc1ncnc2c1ncn2[C@@H]1O[C@](C)(COP(=O)(OCCSC(C)=O)N(C)C)C(O)[C@@H]1O. The van der Waals surface area contributed by atoms with Crippen LogP contribution in [-0.4, -0.2) is 97.4 Å². The number of hydrogen-bond acceptors (Lipinski definition) is 12. The fourth-order valence-electron chi connectivity index (χ4n) is 3.31. The van der Waals surface area contributed by atoms with Gasteiger partial charge in [-0.05, 0) is 21.0 Å². The predicted octanol–water partition coefficient (Wildman–Crippen LogP) is 0.860. The van der Waals surface area contributed by atoms with Crippen molar-refractivity contribution < 1.29 is 33.4 Å². The molecule has 0 bridgehead atoms. The van der Waals surface area contributed by atoms with Gasteiger partial charge in [0, 0.05) is 19.7 Å². The summed E-state index contributed by atoms with van der Waals surface area (Å²) in [7, 11) is 1.02. The third-order valence-corrected chi connectivity index (χ3v) is 7.87. The summed E-state index contributed by atoms with van der Waals surface area (Å²) in [5, 5.41) is 24.3. The molecule has 3 N–H and O–H groups in total. The minimum absolute atomic E-state index is 0.0274. The maximum atomic E-state index is 13.1. The molecule has 15 heteroatoms. The van der Waals surface area contributed by atoms with Crippen LogP contribution in [0.3, 0.4) is 0 Å². The third kappa shape index (κ3) is 5.38. The number of ether oxygens (including phenoxy) is 1. The molecule has 13 nitrogen and oxygen atoms in total. The second kappa shape index (κ2) is 10.3. The molecule has 0 amide bonds. The Hall–Kier alpha value is -1.64. The van der Waals surface area contributed by atoms with Gasteiger partial charge in [0.05, 0.1) is 19.5 Å². The first-order chi connectivity index (χ1) is 15.5. The van der Waals surface area contributed by atoms with Gasteiger partial charge in [0.1, 0.15) is 29.7 Å². The highest BCUT2D eigenvalue weighted by Gasteiger charge is 2.53. The van der Waals surface area contributed by atoms with Crippen molar-refractivity contribution in [3.63, 3.8) is 0 Å². The van der Waals surface area contributed by atoms with Crippen molar-refractivity contribution in [1.82, 2.24) is 24.2 Å². The second-order valence-electron chi connectivity index (χ2n) is 7.82. The van der Waals surface area contributed by atoms with Gasteiger partial charge in [0.2, 0.25) is 0 Å². The summed E-state index contributed by atoms with van der Waals surface area (Å²) >= 11 is 1.05. The maximum absolute atomic E-state index is 13.1. The normalized spacial score (nSPS) is 27.2. The van der Waals surface area contributed by atoms with Gasteiger partial charge in [0.25, 0.3) is 0 Å². The van der Waals surface area contributed by atoms with Crippen LogP contribution in [-0.2, 0) is 23.1 Å². The average molecular weight is 505 g/mol. The van der Waals surface area contributed by atoms with E-state index in [-0.39, 0.29) is 18.3 Å². The maximum Gasteiger partial charge on any atom is 0.407 e. The topological polar surface area (TPSA) is 161 Å². The zero-order valence-corrected chi connectivity index (χ0v) is 20.7. The lowest BCUT2D eigenvalue weighted by Crippen LogP contribution is -2.44. The molecule has 0 aromatic carbocycles. The zero-order chi connectivity index (χ0) is 24.4. The van der Waals surface area contributed by atoms with Crippen LogP contribution in [0, 0.1) is 0 Å². The Morgan fingerprint density at radius 1 is 1.36 bits per heavy atom. The number of aliphatic hydroxyl groups excluding tert-OH is 2. The Morgan fingerprint density at radius 2 is 2.09 bits per heavy atom. The number of thioether (sulfide) groups is 1. The van der Waals surface area contributed by atoms with Crippen LogP contribution in [0.15, 0.2) is 12.7 Å². The molecule has 0 saturated carbocycles. The molecule has 2 aromatic rings. The van der Waals surface area contributed by atoms with Crippen LogP contribution in [0.4, 0.5) is 5.82 Å². The molecule has 33 heavy (non-hydrogen) atoms. The number of aliphatic hydroxyl groups is 2. The largest absolute Gasteiger partial charge is 0.407 e. The minimum atomic E-state index is -3.73. The molecule has 3 rings (SSSR count). The number of carbonyl (C=O) groups is 1. The van der Waals surface area contributed by atoms with Crippen LogP contribution in [0.2, 0.25) is 0 Å². The fraction of sp³-hybridized carbons (Fsp3) is 0.667. The highest BCUT2D eigenvalue weighted by Crippen LogP contribution is 2.52. The molecule has 1 fully saturated rings. The molecular formula is C18H29N6O7PS. The van der Waals surface area contributed by atoms with E-state index < -0.39 is 31.8 Å². The number of nitrogens with zero attached hydrogens (tertiary/aromatic N) is 5. The first-order valence-electron chi connectivity index (χ1n) is 10.1. The number of nitrogens with one attached hydrogen (secondary N) is 1. The molecule has 1 aliphatic heterocycles. The Bertz CT molecular complexity index is 1040. The number of rotatable bonds is 10. The van der Waals surface area contributed by atoms with Crippen molar-refractivity contribution in [1.29, 1.82) is 0 Å². The van der Waals surface area contributed by atoms with Crippen LogP contribution in [0.1, 0.15) is 20.1 Å². The lowest BCUT2D eigenvalue weighted by Gasteiger charge is -2.31. The second-order valence-corrected chi connectivity index (χ2v) is 11.3. The van der Waals surface area contributed by atoms with Gasteiger partial charge in [-0.1, -0.05) is 11.8 Å². The average Bonchev–Trinajstić information content (AvgIpc) is 3.30. The van der Waals surface area contributed by atoms with E-state index in [1.165, 1.54) is 42.9 Å². The molecule has 0 spiro atoms. The molecule has 184 valence electrons. The van der Waals surface area contributed by atoms with E-state index in [0.29, 0.717) is 22.7 Å². The van der Waals surface area contributed by atoms with Crippen molar-refractivity contribution in [3.8, 4) is 0 Å². The van der Waals surface area contributed by atoms with Gasteiger partial charge < -0.3 is 20.3 Å². The molecular weight excluding hydrogens is 475 g/mol. The molecule has 5 atom stereocenters. The van der Waals surface area contributed by atoms with Gasteiger partial charge in [-0.2, -0.15) is 0 Å². The zero-order valence-electron chi connectivity index (χ0n) is 19.0. The molecule has 1 saturated heterocycles.